The molecular weight excluding hydrogens is 495 g/mol. The Morgan fingerprint density at radius 2 is 1.79 bits per heavy atom. The molecule has 0 aromatic heterocycles. The SMILES string of the molecule is CN=C(NCCS(=O)c1ccccc1)NCC1CCCN1Cc1ccccc1.I. The van der Waals surface area contributed by atoms with Gasteiger partial charge < -0.3 is 10.6 Å². The van der Waals surface area contributed by atoms with Crippen molar-refractivity contribution in [1.29, 1.82) is 0 Å². The Bertz CT molecular complexity index is 773. The van der Waals surface area contributed by atoms with Gasteiger partial charge in [0.05, 0.1) is 10.8 Å². The summed E-state index contributed by atoms with van der Waals surface area (Å²) >= 11 is 0. The highest BCUT2D eigenvalue weighted by Gasteiger charge is 2.24. The molecule has 2 aromatic carbocycles. The van der Waals surface area contributed by atoms with Crippen LogP contribution in [0.3, 0.4) is 0 Å². The lowest BCUT2D eigenvalue weighted by molar-refractivity contribution is 0.245. The number of benzene rings is 2. The standard InChI is InChI=1S/C22H30N4OS.HI/c1-23-22(24-14-16-28(27)21-12-6-3-7-13-21)25-17-20-11-8-15-26(20)18-19-9-4-2-5-10-19;/h2-7,9-10,12-13,20H,8,11,14-18H2,1H3,(H2,23,24,25);1H. The molecule has 2 N–H and O–H groups in total. The van der Waals surface area contributed by atoms with Gasteiger partial charge in [-0.05, 0) is 37.1 Å². The van der Waals surface area contributed by atoms with Crippen molar-refractivity contribution in [3.8, 4) is 0 Å². The van der Waals surface area contributed by atoms with E-state index in [1.165, 1.54) is 18.4 Å². The molecule has 0 aliphatic carbocycles. The molecule has 1 aliphatic rings. The Kier molecular flexibility index (Phi) is 10.7. The van der Waals surface area contributed by atoms with E-state index in [4.69, 9.17) is 0 Å². The van der Waals surface area contributed by atoms with Crippen molar-refractivity contribution < 1.29 is 4.21 Å². The van der Waals surface area contributed by atoms with Gasteiger partial charge in [-0.3, -0.25) is 14.1 Å². The first-order valence-electron chi connectivity index (χ1n) is 9.92. The lowest BCUT2D eigenvalue weighted by atomic mass is 10.2. The van der Waals surface area contributed by atoms with E-state index in [9.17, 15) is 4.21 Å². The molecule has 1 heterocycles. The number of halogens is 1. The van der Waals surface area contributed by atoms with Crippen molar-refractivity contribution in [1.82, 2.24) is 15.5 Å². The Balaban J connectivity index is 0.00000300. The molecule has 1 fully saturated rings. The van der Waals surface area contributed by atoms with Crippen molar-refractivity contribution in [3.05, 3.63) is 66.2 Å². The van der Waals surface area contributed by atoms with Crippen molar-refractivity contribution in [2.75, 3.05) is 32.4 Å². The molecule has 0 amide bonds. The number of guanidine groups is 1. The van der Waals surface area contributed by atoms with E-state index in [2.05, 4.69) is 50.9 Å². The Morgan fingerprint density at radius 1 is 1.10 bits per heavy atom. The number of nitrogens with zero attached hydrogens (tertiary/aromatic N) is 2. The molecule has 2 aromatic rings. The van der Waals surface area contributed by atoms with Crippen LogP contribution in [0.2, 0.25) is 0 Å². The lowest BCUT2D eigenvalue weighted by Crippen LogP contribution is -2.45. The fraction of sp³-hybridized carbons (Fsp3) is 0.409. The largest absolute Gasteiger partial charge is 0.355 e. The van der Waals surface area contributed by atoms with Crippen LogP contribution >= 0.6 is 24.0 Å². The van der Waals surface area contributed by atoms with E-state index in [0.717, 1.165) is 30.5 Å². The molecule has 29 heavy (non-hydrogen) atoms. The van der Waals surface area contributed by atoms with Crippen molar-refractivity contribution in [2.24, 2.45) is 4.99 Å². The third-order valence-electron chi connectivity index (χ3n) is 5.04. The number of rotatable bonds is 8. The summed E-state index contributed by atoms with van der Waals surface area (Å²) in [7, 11) is 0.788. The van der Waals surface area contributed by atoms with Crippen molar-refractivity contribution in [3.63, 3.8) is 0 Å². The highest BCUT2D eigenvalue weighted by molar-refractivity contribution is 14.0. The van der Waals surface area contributed by atoms with E-state index in [1.807, 2.05) is 30.3 Å². The molecule has 7 heteroatoms. The maximum absolute atomic E-state index is 12.3. The summed E-state index contributed by atoms with van der Waals surface area (Å²) in [5.74, 6) is 1.34. The van der Waals surface area contributed by atoms with Crippen LogP contribution in [0.1, 0.15) is 18.4 Å². The minimum atomic E-state index is -0.990. The topological polar surface area (TPSA) is 56.7 Å². The van der Waals surface area contributed by atoms with Gasteiger partial charge >= 0.3 is 0 Å². The zero-order chi connectivity index (χ0) is 19.6. The molecular formula is C22H31IN4OS. The van der Waals surface area contributed by atoms with Crippen LogP contribution in [0.25, 0.3) is 0 Å². The number of hydrogen-bond acceptors (Lipinski definition) is 3. The highest BCUT2D eigenvalue weighted by atomic mass is 127. The van der Waals surface area contributed by atoms with E-state index < -0.39 is 10.8 Å². The number of likely N-dealkylation sites (tertiary alicyclic amines) is 1. The van der Waals surface area contributed by atoms with Gasteiger partial charge in [-0.15, -0.1) is 24.0 Å². The number of hydrogen-bond donors (Lipinski definition) is 2. The fourth-order valence-electron chi connectivity index (χ4n) is 3.54. The molecule has 1 saturated heterocycles. The monoisotopic (exact) mass is 526 g/mol. The summed E-state index contributed by atoms with van der Waals surface area (Å²) in [6.45, 7) is 3.63. The summed E-state index contributed by atoms with van der Waals surface area (Å²) in [4.78, 5) is 7.72. The summed E-state index contributed by atoms with van der Waals surface area (Å²) in [5, 5.41) is 6.72. The lowest BCUT2D eigenvalue weighted by Gasteiger charge is -2.25. The van der Waals surface area contributed by atoms with Gasteiger partial charge in [0.1, 0.15) is 0 Å². The first-order chi connectivity index (χ1) is 13.8. The van der Waals surface area contributed by atoms with Crippen LogP contribution in [0.15, 0.2) is 70.6 Å². The predicted octanol–water partition coefficient (Wildman–Crippen LogP) is 3.24. The minimum Gasteiger partial charge on any atom is -0.355 e. The van der Waals surface area contributed by atoms with Crippen molar-refractivity contribution in [2.45, 2.75) is 30.3 Å². The molecule has 5 nitrogen and oxygen atoms in total. The first kappa shape index (κ1) is 23.8. The zero-order valence-corrected chi connectivity index (χ0v) is 20.1. The molecule has 1 aliphatic heterocycles. The Hall–Kier alpha value is -1.45. The first-order valence-corrected chi connectivity index (χ1v) is 11.2. The average molecular weight is 526 g/mol. The smallest absolute Gasteiger partial charge is 0.191 e. The third-order valence-corrected chi connectivity index (χ3v) is 6.42. The number of aliphatic imine (C=N–C) groups is 1. The molecule has 0 bridgehead atoms. The van der Waals surface area contributed by atoms with Gasteiger partial charge in [-0.2, -0.15) is 0 Å². The molecule has 0 radical (unpaired) electrons. The van der Waals surface area contributed by atoms with Crippen LogP contribution in [0.4, 0.5) is 0 Å². The number of nitrogens with one attached hydrogen (secondary N) is 2. The summed E-state index contributed by atoms with van der Waals surface area (Å²) in [6, 6.07) is 20.8. The van der Waals surface area contributed by atoms with Crippen LogP contribution in [-0.4, -0.2) is 53.5 Å². The van der Waals surface area contributed by atoms with Crippen LogP contribution in [0.5, 0.6) is 0 Å². The average Bonchev–Trinajstić information content (AvgIpc) is 3.18. The minimum absolute atomic E-state index is 0. The predicted molar refractivity (Wildman–Crippen MR) is 132 cm³/mol. The summed E-state index contributed by atoms with van der Waals surface area (Å²) in [6.07, 6.45) is 2.44. The van der Waals surface area contributed by atoms with Gasteiger partial charge in [0.2, 0.25) is 0 Å². The van der Waals surface area contributed by atoms with Crippen LogP contribution < -0.4 is 10.6 Å². The molecule has 0 saturated carbocycles. The Morgan fingerprint density at radius 3 is 2.48 bits per heavy atom. The maximum atomic E-state index is 12.3. The van der Waals surface area contributed by atoms with Crippen LogP contribution in [-0.2, 0) is 17.3 Å². The van der Waals surface area contributed by atoms with Gasteiger partial charge in [0.15, 0.2) is 5.96 Å². The second-order valence-electron chi connectivity index (χ2n) is 6.99. The van der Waals surface area contributed by atoms with Gasteiger partial charge in [-0.25, -0.2) is 0 Å². The molecule has 158 valence electrons. The van der Waals surface area contributed by atoms with Crippen LogP contribution in [0, 0.1) is 0 Å². The molecule has 0 spiro atoms. The van der Waals surface area contributed by atoms with Crippen molar-refractivity contribution >= 4 is 40.7 Å². The van der Waals surface area contributed by atoms with Gasteiger partial charge in [0.25, 0.3) is 0 Å². The molecule has 2 unspecified atom stereocenters. The maximum Gasteiger partial charge on any atom is 0.191 e. The summed E-state index contributed by atoms with van der Waals surface area (Å²) in [5.41, 5.74) is 1.36. The second-order valence-corrected chi connectivity index (χ2v) is 8.57. The normalized spacial score (nSPS) is 18.1. The van der Waals surface area contributed by atoms with Gasteiger partial charge in [-0.1, -0.05) is 48.5 Å². The van der Waals surface area contributed by atoms with E-state index >= 15 is 0 Å². The molecule has 2 atom stereocenters. The molecule has 3 rings (SSSR count). The zero-order valence-electron chi connectivity index (χ0n) is 16.9. The highest BCUT2D eigenvalue weighted by Crippen LogP contribution is 2.19. The fourth-order valence-corrected chi connectivity index (χ4v) is 4.52. The quantitative estimate of drug-likeness (QED) is 0.315. The summed E-state index contributed by atoms with van der Waals surface area (Å²) < 4.78 is 12.3. The Labute approximate surface area is 193 Å². The second kappa shape index (κ2) is 13.0. The van der Waals surface area contributed by atoms with Gasteiger partial charge in [0, 0.05) is 43.4 Å². The van der Waals surface area contributed by atoms with E-state index in [0.29, 0.717) is 18.3 Å². The third kappa shape index (κ3) is 7.71. The van der Waals surface area contributed by atoms with E-state index in [-0.39, 0.29) is 24.0 Å². The van der Waals surface area contributed by atoms with E-state index in [1.54, 1.807) is 7.05 Å².